The number of anilines is 1. The molecule has 0 aromatic heterocycles. The van der Waals surface area contributed by atoms with Crippen LogP contribution in [0.3, 0.4) is 0 Å². The number of benzene rings is 1. The van der Waals surface area contributed by atoms with Gasteiger partial charge in [-0.1, -0.05) is 32.9 Å². The van der Waals surface area contributed by atoms with Crippen LogP contribution in [0.1, 0.15) is 44.0 Å². The summed E-state index contributed by atoms with van der Waals surface area (Å²) in [6.07, 6.45) is 0.964. The van der Waals surface area contributed by atoms with E-state index in [9.17, 15) is 9.59 Å². The summed E-state index contributed by atoms with van der Waals surface area (Å²) in [5.41, 5.74) is 6.83. The summed E-state index contributed by atoms with van der Waals surface area (Å²) in [6, 6.07) is 6.52. The first-order chi connectivity index (χ1) is 9.73. The van der Waals surface area contributed by atoms with E-state index in [-0.39, 0.29) is 23.8 Å². The van der Waals surface area contributed by atoms with Gasteiger partial charge in [0.25, 0.3) is 0 Å². The van der Waals surface area contributed by atoms with Crippen LogP contribution in [0.25, 0.3) is 0 Å². The molecule has 0 saturated heterocycles. The number of methoxy groups -OCH3 is 1. The van der Waals surface area contributed by atoms with Gasteiger partial charge in [0.05, 0.1) is 18.4 Å². The number of hydrogen-bond donors (Lipinski definition) is 2. The van der Waals surface area contributed by atoms with Crippen molar-refractivity contribution in [2.45, 2.75) is 39.7 Å². The molecule has 1 rings (SSSR count). The molecule has 1 unspecified atom stereocenters. The zero-order chi connectivity index (χ0) is 16.0. The summed E-state index contributed by atoms with van der Waals surface area (Å²) in [5.74, 6) is -0.687. The van der Waals surface area contributed by atoms with Crippen molar-refractivity contribution in [1.29, 1.82) is 0 Å². The van der Waals surface area contributed by atoms with Gasteiger partial charge in [-0.3, -0.25) is 4.79 Å². The molecule has 0 aliphatic carbocycles. The third-order valence-electron chi connectivity index (χ3n) is 2.93. The Morgan fingerprint density at radius 1 is 1.29 bits per heavy atom. The molecule has 0 bridgehead atoms. The summed E-state index contributed by atoms with van der Waals surface area (Å²) in [6.45, 7) is 6.24. The number of esters is 1. The minimum atomic E-state index is -0.482. The second-order valence-corrected chi connectivity index (χ2v) is 6.31. The largest absolute Gasteiger partial charge is 0.465 e. The number of carbonyl (C=O) groups excluding carboxylic acids is 2. The monoisotopic (exact) mass is 292 g/mol. The van der Waals surface area contributed by atoms with Crippen LogP contribution < -0.4 is 11.1 Å². The highest BCUT2D eigenvalue weighted by atomic mass is 16.5. The standard InChI is InChI=1S/C16H24N2O3/c1-16(2,3)10-11(17)9-14(19)18-13-8-6-5-7-12(13)15(20)21-4/h5-8,11H,9-10,17H2,1-4H3,(H,18,19). The Morgan fingerprint density at radius 2 is 1.90 bits per heavy atom. The predicted octanol–water partition coefficient (Wildman–Crippen LogP) is 2.57. The molecule has 0 fully saturated rings. The van der Waals surface area contributed by atoms with Gasteiger partial charge in [0.1, 0.15) is 0 Å². The predicted molar refractivity (Wildman–Crippen MR) is 83.1 cm³/mol. The van der Waals surface area contributed by atoms with Crippen LogP contribution in [0.15, 0.2) is 24.3 Å². The average Bonchev–Trinajstić information content (AvgIpc) is 2.35. The topological polar surface area (TPSA) is 81.4 Å². The van der Waals surface area contributed by atoms with Gasteiger partial charge in [0.15, 0.2) is 0 Å². The number of ether oxygens (including phenoxy) is 1. The first-order valence-electron chi connectivity index (χ1n) is 6.95. The highest BCUT2D eigenvalue weighted by Gasteiger charge is 2.19. The summed E-state index contributed by atoms with van der Waals surface area (Å²) < 4.78 is 4.69. The second kappa shape index (κ2) is 7.22. The molecule has 1 atom stereocenters. The Morgan fingerprint density at radius 3 is 2.48 bits per heavy atom. The minimum Gasteiger partial charge on any atom is -0.465 e. The SMILES string of the molecule is COC(=O)c1ccccc1NC(=O)CC(N)CC(C)(C)C. The zero-order valence-electron chi connectivity index (χ0n) is 13.1. The van der Waals surface area contributed by atoms with E-state index in [2.05, 4.69) is 26.1 Å². The highest BCUT2D eigenvalue weighted by molar-refractivity contribution is 6.01. The van der Waals surface area contributed by atoms with E-state index < -0.39 is 5.97 Å². The molecular formula is C16H24N2O3. The van der Waals surface area contributed by atoms with Gasteiger partial charge < -0.3 is 15.8 Å². The molecule has 0 aliphatic heterocycles. The molecule has 0 heterocycles. The fourth-order valence-corrected chi connectivity index (χ4v) is 2.18. The number of carbonyl (C=O) groups is 2. The van der Waals surface area contributed by atoms with Crippen molar-refractivity contribution in [1.82, 2.24) is 0 Å². The Kier molecular flexibility index (Phi) is 5.90. The van der Waals surface area contributed by atoms with Crippen molar-refractivity contribution in [2.24, 2.45) is 11.1 Å². The van der Waals surface area contributed by atoms with Gasteiger partial charge in [-0.25, -0.2) is 4.79 Å². The van der Waals surface area contributed by atoms with E-state index in [1.165, 1.54) is 7.11 Å². The lowest BCUT2D eigenvalue weighted by Gasteiger charge is -2.22. The molecule has 5 nitrogen and oxygen atoms in total. The van der Waals surface area contributed by atoms with Crippen LogP contribution >= 0.6 is 0 Å². The molecule has 0 saturated carbocycles. The third-order valence-corrected chi connectivity index (χ3v) is 2.93. The molecule has 0 radical (unpaired) electrons. The maximum Gasteiger partial charge on any atom is 0.339 e. The Bertz CT molecular complexity index is 506. The fourth-order valence-electron chi connectivity index (χ4n) is 2.18. The van der Waals surface area contributed by atoms with Gasteiger partial charge in [-0.2, -0.15) is 0 Å². The van der Waals surface area contributed by atoms with E-state index >= 15 is 0 Å². The first-order valence-corrected chi connectivity index (χ1v) is 6.95. The summed E-state index contributed by atoms with van der Waals surface area (Å²) in [7, 11) is 1.31. The number of nitrogens with two attached hydrogens (primary N) is 1. The van der Waals surface area contributed by atoms with Gasteiger partial charge >= 0.3 is 5.97 Å². The maximum absolute atomic E-state index is 12.0. The van der Waals surface area contributed by atoms with E-state index in [0.717, 1.165) is 6.42 Å². The van der Waals surface area contributed by atoms with Gasteiger partial charge in [-0.15, -0.1) is 0 Å². The summed E-state index contributed by atoms with van der Waals surface area (Å²) >= 11 is 0. The fraction of sp³-hybridized carbons (Fsp3) is 0.500. The molecule has 116 valence electrons. The molecule has 5 heteroatoms. The molecule has 1 aromatic carbocycles. The van der Waals surface area contributed by atoms with Crippen molar-refractivity contribution >= 4 is 17.6 Å². The van der Waals surface area contributed by atoms with E-state index in [1.54, 1.807) is 24.3 Å². The average molecular weight is 292 g/mol. The Hall–Kier alpha value is -1.88. The Labute approximate surface area is 125 Å². The smallest absolute Gasteiger partial charge is 0.339 e. The van der Waals surface area contributed by atoms with Crippen molar-refractivity contribution in [3.05, 3.63) is 29.8 Å². The molecule has 0 spiro atoms. The summed E-state index contributed by atoms with van der Waals surface area (Å²) in [4.78, 5) is 23.7. The van der Waals surface area contributed by atoms with Crippen LogP contribution in [0, 0.1) is 5.41 Å². The number of nitrogens with one attached hydrogen (secondary N) is 1. The second-order valence-electron chi connectivity index (χ2n) is 6.31. The van der Waals surface area contributed by atoms with E-state index in [4.69, 9.17) is 10.5 Å². The molecular weight excluding hydrogens is 268 g/mol. The van der Waals surface area contributed by atoms with Crippen molar-refractivity contribution in [3.8, 4) is 0 Å². The highest BCUT2D eigenvalue weighted by Crippen LogP contribution is 2.22. The zero-order valence-corrected chi connectivity index (χ0v) is 13.1. The number of hydrogen-bond acceptors (Lipinski definition) is 4. The van der Waals surface area contributed by atoms with Crippen LogP contribution in [-0.2, 0) is 9.53 Å². The first kappa shape index (κ1) is 17.2. The molecule has 21 heavy (non-hydrogen) atoms. The van der Waals surface area contributed by atoms with Gasteiger partial charge in [0.2, 0.25) is 5.91 Å². The lowest BCUT2D eigenvalue weighted by atomic mass is 9.87. The number of rotatable bonds is 5. The molecule has 0 aliphatic rings. The van der Waals surface area contributed by atoms with Gasteiger partial charge in [-0.05, 0) is 24.0 Å². The maximum atomic E-state index is 12.0. The lowest BCUT2D eigenvalue weighted by molar-refractivity contribution is -0.116. The molecule has 3 N–H and O–H groups in total. The molecule has 1 amide bonds. The summed E-state index contributed by atoms with van der Waals surface area (Å²) in [5, 5.41) is 2.72. The van der Waals surface area contributed by atoms with Crippen LogP contribution in [-0.4, -0.2) is 25.0 Å². The van der Waals surface area contributed by atoms with E-state index in [0.29, 0.717) is 11.3 Å². The van der Waals surface area contributed by atoms with Crippen LogP contribution in [0.5, 0.6) is 0 Å². The van der Waals surface area contributed by atoms with Crippen molar-refractivity contribution < 1.29 is 14.3 Å². The van der Waals surface area contributed by atoms with Crippen LogP contribution in [0.4, 0.5) is 5.69 Å². The Balaban J connectivity index is 2.69. The van der Waals surface area contributed by atoms with Crippen LogP contribution in [0.2, 0.25) is 0 Å². The lowest BCUT2D eigenvalue weighted by Crippen LogP contribution is -2.31. The normalized spacial score (nSPS) is 12.6. The van der Waals surface area contributed by atoms with Crippen molar-refractivity contribution in [3.63, 3.8) is 0 Å². The third kappa shape index (κ3) is 5.95. The van der Waals surface area contributed by atoms with Crippen molar-refractivity contribution in [2.75, 3.05) is 12.4 Å². The number of amides is 1. The quantitative estimate of drug-likeness (QED) is 0.817. The molecule has 1 aromatic rings. The minimum absolute atomic E-state index is 0.0730. The van der Waals surface area contributed by atoms with E-state index in [1.807, 2.05) is 0 Å². The number of para-hydroxylation sites is 1. The van der Waals surface area contributed by atoms with Gasteiger partial charge in [0, 0.05) is 12.5 Å².